The minimum atomic E-state index is 0.247. The van der Waals surface area contributed by atoms with Crippen molar-refractivity contribution >= 4 is 5.82 Å². The van der Waals surface area contributed by atoms with E-state index in [1.165, 1.54) is 5.56 Å². The summed E-state index contributed by atoms with van der Waals surface area (Å²) in [7, 11) is 0. The molecule has 0 aliphatic rings. The Balaban J connectivity index is 2.41. The first kappa shape index (κ1) is 9.99. The van der Waals surface area contributed by atoms with Gasteiger partial charge in [0.25, 0.3) is 0 Å². The van der Waals surface area contributed by atoms with Crippen LogP contribution in [0.2, 0.25) is 0 Å². The van der Waals surface area contributed by atoms with Gasteiger partial charge in [0.05, 0.1) is 0 Å². The number of hydrogen-bond acceptors (Lipinski definition) is 3. The summed E-state index contributed by atoms with van der Waals surface area (Å²) in [5.74, 6) is 0.961. The lowest BCUT2D eigenvalue weighted by Crippen LogP contribution is -2.19. The standard InChI is InChI=1S/C10H17N3/c1-8-4-3-6-12-10(8)13-7-5-9(2)11/h3-4,6,9H,5,7,11H2,1-2H3,(H,12,13). The molecule has 0 bridgehead atoms. The van der Waals surface area contributed by atoms with E-state index in [1.807, 2.05) is 26.0 Å². The average molecular weight is 179 g/mol. The lowest BCUT2D eigenvalue weighted by molar-refractivity contribution is 0.689. The molecule has 72 valence electrons. The number of anilines is 1. The highest BCUT2D eigenvalue weighted by molar-refractivity contribution is 5.42. The van der Waals surface area contributed by atoms with Gasteiger partial charge in [-0.1, -0.05) is 6.07 Å². The summed E-state index contributed by atoms with van der Waals surface area (Å²) in [5.41, 5.74) is 6.81. The molecule has 3 heteroatoms. The minimum absolute atomic E-state index is 0.247. The molecule has 1 atom stereocenters. The van der Waals surface area contributed by atoms with Crippen molar-refractivity contribution in [1.29, 1.82) is 0 Å². The Kier molecular flexibility index (Phi) is 3.71. The molecule has 0 aliphatic heterocycles. The molecular weight excluding hydrogens is 162 g/mol. The van der Waals surface area contributed by atoms with Crippen molar-refractivity contribution < 1.29 is 0 Å². The van der Waals surface area contributed by atoms with E-state index in [0.29, 0.717) is 0 Å². The fourth-order valence-corrected chi connectivity index (χ4v) is 1.09. The van der Waals surface area contributed by atoms with Crippen LogP contribution in [0.4, 0.5) is 5.82 Å². The molecule has 13 heavy (non-hydrogen) atoms. The Labute approximate surface area is 79.4 Å². The minimum Gasteiger partial charge on any atom is -0.370 e. The third-order valence-electron chi connectivity index (χ3n) is 1.90. The number of pyridine rings is 1. The fraction of sp³-hybridized carbons (Fsp3) is 0.500. The second kappa shape index (κ2) is 4.82. The molecule has 0 spiro atoms. The van der Waals surface area contributed by atoms with Gasteiger partial charge in [-0.05, 0) is 31.9 Å². The number of aryl methyl sites for hydroxylation is 1. The molecule has 0 saturated heterocycles. The van der Waals surface area contributed by atoms with Crippen molar-refractivity contribution in [2.45, 2.75) is 26.3 Å². The molecule has 0 radical (unpaired) electrons. The summed E-state index contributed by atoms with van der Waals surface area (Å²) in [5, 5.41) is 3.25. The van der Waals surface area contributed by atoms with Crippen molar-refractivity contribution in [2.75, 3.05) is 11.9 Å². The van der Waals surface area contributed by atoms with Gasteiger partial charge in [-0.25, -0.2) is 4.98 Å². The molecule has 3 N–H and O–H groups in total. The summed E-state index contributed by atoms with van der Waals surface area (Å²) < 4.78 is 0. The SMILES string of the molecule is Cc1cccnc1NCCC(C)N. The van der Waals surface area contributed by atoms with Crippen molar-refractivity contribution in [3.8, 4) is 0 Å². The van der Waals surface area contributed by atoms with E-state index < -0.39 is 0 Å². The van der Waals surface area contributed by atoms with Crippen LogP contribution in [0.15, 0.2) is 18.3 Å². The zero-order chi connectivity index (χ0) is 9.68. The molecule has 1 rings (SSSR count). The van der Waals surface area contributed by atoms with Gasteiger partial charge in [0.1, 0.15) is 5.82 Å². The highest BCUT2D eigenvalue weighted by Crippen LogP contribution is 2.08. The van der Waals surface area contributed by atoms with Crippen LogP contribution in [0.3, 0.4) is 0 Å². The first-order valence-electron chi connectivity index (χ1n) is 4.61. The molecular formula is C10H17N3. The van der Waals surface area contributed by atoms with E-state index >= 15 is 0 Å². The zero-order valence-corrected chi connectivity index (χ0v) is 8.25. The maximum atomic E-state index is 5.63. The van der Waals surface area contributed by atoms with Gasteiger partial charge in [-0.3, -0.25) is 0 Å². The number of aromatic nitrogens is 1. The summed E-state index contributed by atoms with van der Waals surface area (Å²) in [4.78, 5) is 4.22. The molecule has 0 aromatic carbocycles. The number of hydrogen-bond donors (Lipinski definition) is 2. The van der Waals surface area contributed by atoms with Crippen molar-refractivity contribution in [1.82, 2.24) is 4.98 Å². The smallest absolute Gasteiger partial charge is 0.128 e. The summed E-state index contributed by atoms with van der Waals surface area (Å²) in [6, 6.07) is 4.23. The molecule has 0 fully saturated rings. The van der Waals surface area contributed by atoms with Gasteiger partial charge < -0.3 is 11.1 Å². The highest BCUT2D eigenvalue weighted by Gasteiger charge is 1.97. The lowest BCUT2D eigenvalue weighted by atomic mass is 10.2. The van der Waals surface area contributed by atoms with Crippen LogP contribution in [0.1, 0.15) is 18.9 Å². The topological polar surface area (TPSA) is 50.9 Å². The summed E-state index contributed by atoms with van der Waals surface area (Å²) in [6.07, 6.45) is 2.76. The van der Waals surface area contributed by atoms with E-state index in [2.05, 4.69) is 10.3 Å². The van der Waals surface area contributed by atoms with Crippen molar-refractivity contribution in [3.63, 3.8) is 0 Å². The first-order valence-corrected chi connectivity index (χ1v) is 4.61. The maximum Gasteiger partial charge on any atom is 0.128 e. The predicted octanol–water partition coefficient (Wildman–Crippen LogP) is 1.54. The lowest BCUT2D eigenvalue weighted by Gasteiger charge is -2.09. The van der Waals surface area contributed by atoms with Gasteiger partial charge in [-0.15, -0.1) is 0 Å². The van der Waals surface area contributed by atoms with Gasteiger partial charge in [-0.2, -0.15) is 0 Å². The fourth-order valence-electron chi connectivity index (χ4n) is 1.09. The van der Waals surface area contributed by atoms with Crippen LogP contribution < -0.4 is 11.1 Å². The van der Waals surface area contributed by atoms with E-state index in [9.17, 15) is 0 Å². The molecule has 0 saturated carbocycles. The van der Waals surface area contributed by atoms with Crippen LogP contribution in [0, 0.1) is 6.92 Å². The van der Waals surface area contributed by atoms with Crippen molar-refractivity contribution in [2.24, 2.45) is 5.73 Å². The molecule has 1 unspecified atom stereocenters. The van der Waals surface area contributed by atoms with E-state index in [1.54, 1.807) is 6.20 Å². The predicted molar refractivity (Wildman–Crippen MR) is 55.7 cm³/mol. The summed E-state index contributed by atoms with van der Waals surface area (Å²) in [6.45, 7) is 4.93. The number of nitrogens with two attached hydrogens (primary N) is 1. The van der Waals surface area contributed by atoms with Crippen LogP contribution in [0.5, 0.6) is 0 Å². The molecule has 0 amide bonds. The van der Waals surface area contributed by atoms with Crippen LogP contribution in [-0.2, 0) is 0 Å². The normalized spacial score (nSPS) is 12.5. The van der Waals surface area contributed by atoms with Crippen LogP contribution in [0.25, 0.3) is 0 Å². The Morgan fingerprint density at radius 1 is 1.62 bits per heavy atom. The third-order valence-corrected chi connectivity index (χ3v) is 1.90. The Bertz CT molecular complexity index is 258. The molecule has 1 heterocycles. The maximum absolute atomic E-state index is 5.63. The molecule has 3 nitrogen and oxygen atoms in total. The van der Waals surface area contributed by atoms with Gasteiger partial charge >= 0.3 is 0 Å². The van der Waals surface area contributed by atoms with E-state index in [4.69, 9.17) is 5.73 Å². The Morgan fingerprint density at radius 3 is 3.00 bits per heavy atom. The average Bonchev–Trinajstić information content (AvgIpc) is 2.08. The largest absolute Gasteiger partial charge is 0.370 e. The van der Waals surface area contributed by atoms with Gasteiger partial charge in [0.15, 0.2) is 0 Å². The highest BCUT2D eigenvalue weighted by atomic mass is 15.0. The number of nitrogens with zero attached hydrogens (tertiary/aromatic N) is 1. The van der Waals surface area contributed by atoms with E-state index in [0.717, 1.165) is 18.8 Å². The van der Waals surface area contributed by atoms with E-state index in [-0.39, 0.29) is 6.04 Å². The van der Waals surface area contributed by atoms with Gasteiger partial charge in [0.2, 0.25) is 0 Å². The second-order valence-electron chi connectivity index (χ2n) is 3.36. The van der Waals surface area contributed by atoms with Crippen LogP contribution in [-0.4, -0.2) is 17.6 Å². The van der Waals surface area contributed by atoms with Gasteiger partial charge in [0, 0.05) is 18.8 Å². The number of nitrogens with one attached hydrogen (secondary N) is 1. The van der Waals surface area contributed by atoms with Crippen LogP contribution >= 0.6 is 0 Å². The molecule has 1 aromatic heterocycles. The molecule has 0 aliphatic carbocycles. The number of rotatable bonds is 4. The molecule has 1 aromatic rings. The Hall–Kier alpha value is -1.09. The van der Waals surface area contributed by atoms with Crippen molar-refractivity contribution in [3.05, 3.63) is 23.9 Å². The third kappa shape index (κ3) is 3.42. The first-order chi connectivity index (χ1) is 6.20. The second-order valence-corrected chi connectivity index (χ2v) is 3.36. The Morgan fingerprint density at radius 2 is 2.38 bits per heavy atom. The monoisotopic (exact) mass is 179 g/mol. The quantitative estimate of drug-likeness (QED) is 0.737. The zero-order valence-electron chi connectivity index (χ0n) is 8.25. The summed E-state index contributed by atoms with van der Waals surface area (Å²) >= 11 is 0.